The average Bonchev–Trinajstić information content (AvgIpc) is 2.75. The predicted octanol–water partition coefficient (Wildman–Crippen LogP) is 5.12. The van der Waals surface area contributed by atoms with Crippen molar-refractivity contribution in [3.05, 3.63) is 35.4 Å². The highest BCUT2D eigenvalue weighted by Gasteiger charge is 2.22. The van der Waals surface area contributed by atoms with E-state index in [1.807, 2.05) is 0 Å². The fraction of sp³-hybridized carbons (Fsp3) is 0.700. The van der Waals surface area contributed by atoms with Gasteiger partial charge in [0.15, 0.2) is 0 Å². The third-order valence-electron chi connectivity index (χ3n) is 4.98. The molecule has 1 nitrogen and oxygen atoms in total. The third kappa shape index (κ3) is 5.82. The Balaban J connectivity index is 1.99. The molecule has 118 valence electrons. The first-order chi connectivity index (χ1) is 10.3. The van der Waals surface area contributed by atoms with Gasteiger partial charge in [-0.05, 0) is 50.3 Å². The normalized spacial score (nSPS) is 18.4. The molecule has 1 aliphatic rings. The van der Waals surface area contributed by atoms with Gasteiger partial charge in [0.25, 0.3) is 0 Å². The van der Waals surface area contributed by atoms with Crippen LogP contribution in [-0.4, -0.2) is 13.1 Å². The Kier molecular flexibility index (Phi) is 7.29. The maximum Gasteiger partial charge on any atom is -0.00147 e. The van der Waals surface area contributed by atoms with Gasteiger partial charge >= 0.3 is 0 Å². The van der Waals surface area contributed by atoms with Crippen LogP contribution in [0, 0.1) is 18.8 Å². The molecule has 2 rings (SSSR count). The van der Waals surface area contributed by atoms with Crippen LogP contribution in [0.2, 0.25) is 0 Å². The predicted molar refractivity (Wildman–Crippen MR) is 92.7 cm³/mol. The summed E-state index contributed by atoms with van der Waals surface area (Å²) in [6.07, 6.45) is 11.2. The van der Waals surface area contributed by atoms with Gasteiger partial charge < -0.3 is 5.32 Å². The highest BCUT2D eigenvalue weighted by Crippen LogP contribution is 2.31. The highest BCUT2D eigenvalue weighted by molar-refractivity contribution is 5.22. The number of nitrogens with one attached hydrogen (secondary N) is 1. The van der Waals surface area contributed by atoms with E-state index in [9.17, 15) is 0 Å². The van der Waals surface area contributed by atoms with E-state index in [-0.39, 0.29) is 0 Å². The van der Waals surface area contributed by atoms with E-state index in [1.54, 1.807) is 0 Å². The zero-order chi connectivity index (χ0) is 14.9. The van der Waals surface area contributed by atoms with Gasteiger partial charge in [-0.3, -0.25) is 0 Å². The van der Waals surface area contributed by atoms with Crippen molar-refractivity contribution in [2.75, 3.05) is 13.1 Å². The van der Waals surface area contributed by atoms with E-state index >= 15 is 0 Å². The van der Waals surface area contributed by atoms with Crippen molar-refractivity contribution in [3.8, 4) is 0 Å². The molecule has 1 aromatic carbocycles. The molecule has 0 bridgehead atoms. The molecule has 21 heavy (non-hydrogen) atoms. The Labute approximate surface area is 131 Å². The van der Waals surface area contributed by atoms with Crippen molar-refractivity contribution in [3.63, 3.8) is 0 Å². The largest absolute Gasteiger partial charge is 0.316 e. The summed E-state index contributed by atoms with van der Waals surface area (Å²) in [4.78, 5) is 0. The molecule has 1 aliphatic carbocycles. The van der Waals surface area contributed by atoms with Crippen LogP contribution in [0.3, 0.4) is 0 Å². The first kappa shape index (κ1) is 16.5. The molecule has 0 spiro atoms. The van der Waals surface area contributed by atoms with Crippen LogP contribution in [0.25, 0.3) is 0 Å². The van der Waals surface area contributed by atoms with E-state index < -0.39 is 0 Å². The molecule has 1 unspecified atom stereocenters. The van der Waals surface area contributed by atoms with Gasteiger partial charge in [0.1, 0.15) is 0 Å². The van der Waals surface area contributed by atoms with Gasteiger partial charge in [-0.25, -0.2) is 0 Å². The molecule has 0 aromatic heterocycles. The van der Waals surface area contributed by atoms with Crippen molar-refractivity contribution in [2.45, 2.75) is 65.2 Å². The summed E-state index contributed by atoms with van der Waals surface area (Å²) in [7, 11) is 0. The molecule has 1 aromatic rings. The minimum Gasteiger partial charge on any atom is -0.316 e. The lowest BCUT2D eigenvalue weighted by atomic mass is 9.82. The summed E-state index contributed by atoms with van der Waals surface area (Å²) in [5.74, 6) is 1.74. The van der Waals surface area contributed by atoms with Crippen LogP contribution < -0.4 is 5.32 Å². The van der Waals surface area contributed by atoms with E-state index in [0.717, 1.165) is 18.4 Å². The topological polar surface area (TPSA) is 12.0 Å². The summed E-state index contributed by atoms with van der Waals surface area (Å²) >= 11 is 0. The molecule has 1 atom stereocenters. The quantitative estimate of drug-likeness (QED) is 0.542. The summed E-state index contributed by atoms with van der Waals surface area (Å²) in [6, 6.07) is 9.12. The molecule has 0 amide bonds. The fourth-order valence-corrected chi connectivity index (χ4v) is 3.79. The lowest BCUT2D eigenvalue weighted by Crippen LogP contribution is -2.30. The van der Waals surface area contributed by atoms with E-state index in [2.05, 4.69) is 43.4 Å². The van der Waals surface area contributed by atoms with Crippen molar-refractivity contribution in [1.82, 2.24) is 5.32 Å². The molecule has 1 heteroatoms. The fourth-order valence-electron chi connectivity index (χ4n) is 3.79. The number of aryl methyl sites for hydroxylation is 1. The molecule has 1 saturated carbocycles. The van der Waals surface area contributed by atoms with Crippen molar-refractivity contribution >= 4 is 0 Å². The van der Waals surface area contributed by atoms with Crippen LogP contribution in [0.4, 0.5) is 0 Å². The van der Waals surface area contributed by atoms with Crippen molar-refractivity contribution in [2.24, 2.45) is 11.8 Å². The number of hydrogen-bond acceptors (Lipinski definition) is 1. The molecule has 0 saturated heterocycles. The monoisotopic (exact) mass is 287 g/mol. The molecule has 0 radical (unpaired) electrons. The number of rotatable bonds is 7. The maximum atomic E-state index is 3.69. The second kappa shape index (κ2) is 9.25. The zero-order valence-corrected chi connectivity index (χ0v) is 14.0. The van der Waals surface area contributed by atoms with Crippen molar-refractivity contribution < 1.29 is 0 Å². The van der Waals surface area contributed by atoms with Crippen molar-refractivity contribution in [1.29, 1.82) is 0 Å². The third-order valence-corrected chi connectivity index (χ3v) is 4.98. The standard InChI is InChI=1S/C20H33N/c1-3-13-21-16-20(19-11-6-4-5-7-12-19)15-18-10-8-9-17(2)14-18/h8-10,14,19-21H,3-7,11-13,15-16H2,1-2H3. The lowest BCUT2D eigenvalue weighted by Gasteiger charge is -2.27. The Morgan fingerprint density at radius 1 is 1.14 bits per heavy atom. The van der Waals surface area contributed by atoms with Crippen LogP contribution in [0.5, 0.6) is 0 Å². The molecule has 1 N–H and O–H groups in total. The van der Waals surface area contributed by atoms with Gasteiger partial charge in [-0.15, -0.1) is 0 Å². The Hall–Kier alpha value is -0.820. The van der Waals surface area contributed by atoms with E-state index in [0.29, 0.717) is 0 Å². The van der Waals surface area contributed by atoms with E-state index in [4.69, 9.17) is 0 Å². The highest BCUT2D eigenvalue weighted by atomic mass is 14.9. The van der Waals surface area contributed by atoms with Gasteiger partial charge in [0.2, 0.25) is 0 Å². The van der Waals surface area contributed by atoms with Gasteiger partial charge in [0, 0.05) is 0 Å². The zero-order valence-electron chi connectivity index (χ0n) is 14.0. The smallest absolute Gasteiger partial charge is 0.00147 e. The van der Waals surface area contributed by atoms with Crippen LogP contribution in [-0.2, 0) is 6.42 Å². The molecular formula is C20H33N. The van der Waals surface area contributed by atoms with Crippen LogP contribution in [0.1, 0.15) is 63.0 Å². The van der Waals surface area contributed by atoms with Crippen LogP contribution in [0.15, 0.2) is 24.3 Å². The molecular weight excluding hydrogens is 254 g/mol. The summed E-state index contributed by atoms with van der Waals surface area (Å²) in [6.45, 7) is 6.83. The minimum atomic E-state index is 0.816. The van der Waals surface area contributed by atoms with Gasteiger partial charge in [-0.1, -0.05) is 75.3 Å². The maximum absolute atomic E-state index is 3.69. The lowest BCUT2D eigenvalue weighted by molar-refractivity contribution is 0.285. The van der Waals surface area contributed by atoms with Gasteiger partial charge in [0.05, 0.1) is 0 Å². The number of benzene rings is 1. The van der Waals surface area contributed by atoms with Crippen LogP contribution >= 0.6 is 0 Å². The average molecular weight is 287 g/mol. The second-order valence-electron chi connectivity index (χ2n) is 6.91. The minimum absolute atomic E-state index is 0.816. The Morgan fingerprint density at radius 3 is 2.57 bits per heavy atom. The second-order valence-corrected chi connectivity index (χ2v) is 6.91. The molecule has 1 fully saturated rings. The first-order valence-electron chi connectivity index (χ1n) is 9.06. The SMILES string of the molecule is CCCNCC(Cc1cccc(C)c1)C1CCCCCC1. The van der Waals surface area contributed by atoms with Gasteiger partial charge in [-0.2, -0.15) is 0 Å². The van der Waals surface area contributed by atoms with E-state index in [1.165, 1.54) is 69.0 Å². The Bertz CT molecular complexity index is 391. The summed E-state index contributed by atoms with van der Waals surface area (Å²) in [5.41, 5.74) is 2.93. The Morgan fingerprint density at radius 2 is 1.90 bits per heavy atom. The first-order valence-corrected chi connectivity index (χ1v) is 9.06. The molecule has 0 heterocycles. The summed E-state index contributed by atoms with van der Waals surface area (Å²) in [5, 5.41) is 3.69. The number of hydrogen-bond donors (Lipinski definition) is 1. The summed E-state index contributed by atoms with van der Waals surface area (Å²) < 4.78 is 0. The molecule has 0 aliphatic heterocycles.